The van der Waals surface area contributed by atoms with Crippen LogP contribution in [0.2, 0.25) is 5.02 Å². The zero-order valence-electron chi connectivity index (χ0n) is 11.1. The zero-order chi connectivity index (χ0) is 13.8. The Bertz CT molecular complexity index is 587. The van der Waals surface area contributed by atoms with Crippen LogP contribution in [0.25, 0.3) is 0 Å². The molecule has 0 saturated heterocycles. The van der Waals surface area contributed by atoms with Gasteiger partial charge in [0.25, 0.3) is 0 Å². The minimum atomic E-state index is 0.685. The Labute approximate surface area is 117 Å². The SMILES string of the molecule is CNc1cncc(Nc2cc(C)c(Cl)cc2OC)c1. The first-order valence-electron chi connectivity index (χ1n) is 5.88. The highest BCUT2D eigenvalue weighted by molar-refractivity contribution is 6.31. The van der Waals surface area contributed by atoms with Gasteiger partial charge < -0.3 is 15.4 Å². The maximum atomic E-state index is 6.09. The maximum absolute atomic E-state index is 6.09. The van der Waals surface area contributed by atoms with Gasteiger partial charge in [0.15, 0.2) is 0 Å². The van der Waals surface area contributed by atoms with Crippen molar-refractivity contribution in [3.05, 3.63) is 41.2 Å². The monoisotopic (exact) mass is 277 g/mol. The summed E-state index contributed by atoms with van der Waals surface area (Å²) in [4.78, 5) is 4.16. The molecule has 2 N–H and O–H groups in total. The zero-order valence-corrected chi connectivity index (χ0v) is 11.9. The fourth-order valence-corrected chi connectivity index (χ4v) is 1.88. The molecule has 0 atom stereocenters. The molecule has 100 valence electrons. The number of ether oxygens (including phenoxy) is 1. The van der Waals surface area contributed by atoms with Crippen molar-refractivity contribution in [2.75, 3.05) is 24.8 Å². The number of nitrogens with zero attached hydrogens (tertiary/aromatic N) is 1. The van der Waals surface area contributed by atoms with Crippen molar-refractivity contribution in [3.8, 4) is 5.75 Å². The van der Waals surface area contributed by atoms with Gasteiger partial charge in [-0.2, -0.15) is 0 Å². The molecule has 4 nitrogen and oxygen atoms in total. The Morgan fingerprint density at radius 1 is 1.16 bits per heavy atom. The maximum Gasteiger partial charge on any atom is 0.143 e. The number of rotatable bonds is 4. The molecule has 0 bridgehead atoms. The van der Waals surface area contributed by atoms with Crippen LogP contribution in [0.4, 0.5) is 17.1 Å². The molecule has 1 heterocycles. The summed E-state index contributed by atoms with van der Waals surface area (Å²) >= 11 is 6.09. The van der Waals surface area contributed by atoms with Crippen LogP contribution in [0.5, 0.6) is 5.75 Å². The topological polar surface area (TPSA) is 46.2 Å². The van der Waals surface area contributed by atoms with Crippen molar-refractivity contribution in [2.45, 2.75) is 6.92 Å². The number of aromatic nitrogens is 1. The van der Waals surface area contributed by atoms with Crippen LogP contribution in [-0.2, 0) is 0 Å². The molecule has 19 heavy (non-hydrogen) atoms. The van der Waals surface area contributed by atoms with Crippen LogP contribution in [0, 0.1) is 6.92 Å². The first-order chi connectivity index (χ1) is 9.13. The predicted molar refractivity (Wildman–Crippen MR) is 79.8 cm³/mol. The molecule has 0 radical (unpaired) electrons. The number of methoxy groups -OCH3 is 1. The fraction of sp³-hybridized carbons (Fsp3) is 0.214. The molecule has 5 heteroatoms. The molecule has 1 aromatic heterocycles. The highest BCUT2D eigenvalue weighted by Crippen LogP contribution is 2.33. The number of halogens is 1. The van der Waals surface area contributed by atoms with Crippen LogP contribution >= 0.6 is 11.6 Å². The van der Waals surface area contributed by atoms with E-state index in [0.717, 1.165) is 22.6 Å². The second-order valence-electron chi connectivity index (χ2n) is 4.14. The summed E-state index contributed by atoms with van der Waals surface area (Å²) in [6.45, 7) is 1.95. The van der Waals surface area contributed by atoms with Gasteiger partial charge in [0.1, 0.15) is 5.75 Å². The van der Waals surface area contributed by atoms with Crippen LogP contribution in [0.3, 0.4) is 0 Å². The molecule has 0 aliphatic carbocycles. The molecule has 0 amide bonds. The lowest BCUT2D eigenvalue weighted by atomic mass is 10.2. The van der Waals surface area contributed by atoms with E-state index in [1.807, 2.05) is 26.1 Å². The third-order valence-electron chi connectivity index (χ3n) is 2.79. The highest BCUT2D eigenvalue weighted by Gasteiger charge is 2.07. The van der Waals surface area contributed by atoms with E-state index in [4.69, 9.17) is 16.3 Å². The normalized spacial score (nSPS) is 10.1. The van der Waals surface area contributed by atoms with Gasteiger partial charge >= 0.3 is 0 Å². The third-order valence-corrected chi connectivity index (χ3v) is 3.19. The number of hydrogen-bond donors (Lipinski definition) is 2. The first-order valence-corrected chi connectivity index (χ1v) is 6.26. The molecule has 0 unspecified atom stereocenters. The Kier molecular flexibility index (Phi) is 4.12. The Morgan fingerprint density at radius 2 is 1.89 bits per heavy atom. The lowest BCUT2D eigenvalue weighted by Gasteiger charge is -2.13. The van der Waals surface area contributed by atoms with Gasteiger partial charge in [0, 0.05) is 18.1 Å². The molecule has 0 aliphatic heterocycles. The van der Waals surface area contributed by atoms with Crippen molar-refractivity contribution in [1.82, 2.24) is 4.98 Å². The van der Waals surface area contributed by atoms with Gasteiger partial charge in [-0.1, -0.05) is 11.6 Å². The average Bonchev–Trinajstić information content (AvgIpc) is 2.43. The number of hydrogen-bond acceptors (Lipinski definition) is 4. The molecule has 0 aliphatic rings. The van der Waals surface area contributed by atoms with E-state index in [1.54, 1.807) is 25.6 Å². The minimum absolute atomic E-state index is 0.685. The number of nitrogens with one attached hydrogen (secondary N) is 2. The van der Waals surface area contributed by atoms with E-state index in [-0.39, 0.29) is 0 Å². The second kappa shape index (κ2) is 5.80. The summed E-state index contributed by atoms with van der Waals surface area (Å²) in [7, 11) is 3.47. The van der Waals surface area contributed by atoms with E-state index in [9.17, 15) is 0 Å². The van der Waals surface area contributed by atoms with Gasteiger partial charge in [-0.25, -0.2) is 0 Å². The summed E-state index contributed by atoms with van der Waals surface area (Å²) in [5.41, 5.74) is 3.67. The lowest BCUT2D eigenvalue weighted by molar-refractivity contribution is 0.417. The van der Waals surface area contributed by atoms with Crippen LogP contribution in [-0.4, -0.2) is 19.1 Å². The number of anilines is 3. The van der Waals surface area contributed by atoms with Crippen LogP contribution in [0.15, 0.2) is 30.6 Å². The van der Waals surface area contributed by atoms with Crippen molar-refractivity contribution >= 4 is 28.7 Å². The minimum Gasteiger partial charge on any atom is -0.495 e. The number of pyridine rings is 1. The van der Waals surface area contributed by atoms with Crippen molar-refractivity contribution in [3.63, 3.8) is 0 Å². The summed E-state index contributed by atoms with van der Waals surface area (Å²) in [6.07, 6.45) is 3.51. The van der Waals surface area contributed by atoms with Gasteiger partial charge in [0.05, 0.1) is 36.6 Å². The van der Waals surface area contributed by atoms with Crippen LogP contribution in [0.1, 0.15) is 5.56 Å². The van der Waals surface area contributed by atoms with Crippen molar-refractivity contribution in [1.29, 1.82) is 0 Å². The van der Waals surface area contributed by atoms with E-state index in [0.29, 0.717) is 10.8 Å². The van der Waals surface area contributed by atoms with E-state index in [1.165, 1.54) is 0 Å². The number of aryl methyl sites for hydroxylation is 1. The van der Waals surface area contributed by atoms with Gasteiger partial charge in [-0.15, -0.1) is 0 Å². The number of benzene rings is 1. The molecule has 2 aromatic rings. The largest absolute Gasteiger partial charge is 0.495 e. The Balaban J connectivity index is 2.34. The van der Waals surface area contributed by atoms with Gasteiger partial charge in [-0.3, -0.25) is 4.98 Å². The fourth-order valence-electron chi connectivity index (χ4n) is 1.73. The molecule has 2 rings (SSSR count). The Hall–Kier alpha value is -1.94. The second-order valence-corrected chi connectivity index (χ2v) is 4.55. The van der Waals surface area contributed by atoms with E-state index in [2.05, 4.69) is 15.6 Å². The predicted octanol–water partition coefficient (Wildman–Crippen LogP) is 3.84. The highest BCUT2D eigenvalue weighted by atomic mass is 35.5. The summed E-state index contributed by atoms with van der Waals surface area (Å²) in [5.74, 6) is 0.700. The third kappa shape index (κ3) is 3.09. The molecule has 0 spiro atoms. The average molecular weight is 278 g/mol. The molecular formula is C14H16ClN3O. The Morgan fingerprint density at radius 3 is 2.58 bits per heavy atom. The molecule has 1 aromatic carbocycles. The standard InChI is InChI=1S/C14H16ClN3O/c1-9-4-13(14(19-3)6-12(9)15)18-11-5-10(16-2)7-17-8-11/h4-8,16,18H,1-3H3. The molecule has 0 fully saturated rings. The molecule has 0 saturated carbocycles. The smallest absolute Gasteiger partial charge is 0.143 e. The van der Waals surface area contributed by atoms with Crippen molar-refractivity contribution < 1.29 is 4.74 Å². The quantitative estimate of drug-likeness (QED) is 0.891. The van der Waals surface area contributed by atoms with Crippen molar-refractivity contribution in [2.24, 2.45) is 0 Å². The summed E-state index contributed by atoms with van der Waals surface area (Å²) in [6, 6.07) is 5.72. The van der Waals surface area contributed by atoms with E-state index >= 15 is 0 Å². The van der Waals surface area contributed by atoms with Gasteiger partial charge in [0.2, 0.25) is 0 Å². The first kappa shape index (κ1) is 13.5. The summed E-state index contributed by atoms with van der Waals surface area (Å²) < 4.78 is 5.33. The van der Waals surface area contributed by atoms with Crippen LogP contribution < -0.4 is 15.4 Å². The molecular weight excluding hydrogens is 262 g/mol. The van der Waals surface area contributed by atoms with E-state index < -0.39 is 0 Å². The lowest BCUT2D eigenvalue weighted by Crippen LogP contribution is -1.97. The summed E-state index contributed by atoms with van der Waals surface area (Å²) in [5, 5.41) is 7.01. The van der Waals surface area contributed by atoms with Gasteiger partial charge in [-0.05, 0) is 24.6 Å².